The monoisotopic (exact) mass is 575 g/mol. The number of para-hydroxylation sites is 1. The van der Waals surface area contributed by atoms with Crippen LogP contribution in [-0.4, -0.2) is 43.8 Å². The van der Waals surface area contributed by atoms with Gasteiger partial charge in [0.2, 0.25) is 11.8 Å². The van der Waals surface area contributed by atoms with Gasteiger partial charge < -0.3 is 10.2 Å². The summed E-state index contributed by atoms with van der Waals surface area (Å²) in [4.78, 5) is 28.3. The van der Waals surface area contributed by atoms with Gasteiger partial charge in [0, 0.05) is 17.6 Å². The number of benzene rings is 3. The van der Waals surface area contributed by atoms with Crippen molar-refractivity contribution in [1.82, 2.24) is 10.2 Å². The first-order valence-electron chi connectivity index (χ1n) is 12.2. The molecular formula is C28H31Cl2N3O4S. The van der Waals surface area contributed by atoms with Crippen LogP contribution in [0, 0.1) is 0 Å². The molecule has 10 heteroatoms. The number of nitrogens with one attached hydrogen (secondary N) is 1. The van der Waals surface area contributed by atoms with Gasteiger partial charge in [-0.15, -0.1) is 0 Å². The Hall–Kier alpha value is -3.07. The molecule has 0 bridgehead atoms. The highest BCUT2D eigenvalue weighted by Crippen LogP contribution is 2.31. The van der Waals surface area contributed by atoms with E-state index in [0.29, 0.717) is 17.0 Å². The molecule has 7 nitrogen and oxygen atoms in total. The maximum Gasteiger partial charge on any atom is 0.264 e. The average Bonchev–Trinajstić information content (AvgIpc) is 2.91. The predicted molar refractivity (Wildman–Crippen MR) is 152 cm³/mol. The highest BCUT2D eigenvalue weighted by atomic mass is 35.5. The number of amides is 2. The molecule has 2 atom stereocenters. The van der Waals surface area contributed by atoms with Gasteiger partial charge in [-0.3, -0.25) is 13.9 Å². The minimum atomic E-state index is -4.18. The lowest BCUT2D eigenvalue weighted by Gasteiger charge is -2.32. The Kier molecular flexibility index (Phi) is 10.2. The molecule has 0 aromatic heterocycles. The van der Waals surface area contributed by atoms with Crippen LogP contribution in [0.4, 0.5) is 5.69 Å². The molecule has 0 unspecified atom stereocenters. The number of rotatable bonds is 11. The lowest BCUT2D eigenvalue weighted by molar-refractivity contribution is -0.139. The summed E-state index contributed by atoms with van der Waals surface area (Å²) in [6.07, 6.45) is 0.715. The summed E-state index contributed by atoms with van der Waals surface area (Å²) in [7, 11) is -4.18. The number of sulfonamides is 1. The average molecular weight is 577 g/mol. The minimum Gasteiger partial charge on any atom is -0.352 e. The van der Waals surface area contributed by atoms with E-state index in [9.17, 15) is 18.0 Å². The number of halogens is 2. The predicted octanol–water partition coefficient (Wildman–Crippen LogP) is 5.52. The standard InChI is InChI=1S/C28H31Cl2N3O4S/c1-4-20(2)31-28(35)21(3)32(18-22-12-8-9-15-24(22)29)27(34)19-33(26-17-11-10-16-25(26)30)38(36,37)23-13-6-5-7-14-23/h5-17,20-21H,4,18-19H2,1-3H3,(H,31,35)/t20-,21+/m1/s1. The van der Waals surface area contributed by atoms with Crippen LogP contribution in [0.25, 0.3) is 0 Å². The third kappa shape index (κ3) is 7.07. The maximum atomic E-state index is 13.9. The summed E-state index contributed by atoms with van der Waals surface area (Å²) < 4.78 is 28.5. The molecule has 0 spiro atoms. The summed E-state index contributed by atoms with van der Waals surface area (Å²) in [6, 6.07) is 20.2. The lowest BCUT2D eigenvalue weighted by Crippen LogP contribution is -2.52. The molecule has 38 heavy (non-hydrogen) atoms. The molecule has 202 valence electrons. The Morgan fingerprint density at radius 1 is 0.868 bits per heavy atom. The molecule has 0 aliphatic rings. The SMILES string of the molecule is CC[C@@H](C)NC(=O)[C@H](C)N(Cc1ccccc1Cl)C(=O)CN(c1ccccc1Cl)S(=O)(=O)c1ccccc1. The number of nitrogens with zero attached hydrogens (tertiary/aromatic N) is 2. The fourth-order valence-corrected chi connectivity index (χ4v) is 5.68. The number of hydrogen-bond acceptors (Lipinski definition) is 4. The van der Waals surface area contributed by atoms with E-state index in [1.54, 1.807) is 67.6 Å². The van der Waals surface area contributed by atoms with E-state index >= 15 is 0 Å². The van der Waals surface area contributed by atoms with Gasteiger partial charge in [0.25, 0.3) is 10.0 Å². The van der Waals surface area contributed by atoms with Crippen molar-refractivity contribution in [2.24, 2.45) is 0 Å². The third-order valence-electron chi connectivity index (χ3n) is 6.20. The number of carbonyl (C=O) groups is 2. The van der Waals surface area contributed by atoms with E-state index in [1.165, 1.54) is 23.1 Å². The highest BCUT2D eigenvalue weighted by Gasteiger charge is 2.33. The van der Waals surface area contributed by atoms with E-state index in [4.69, 9.17) is 23.2 Å². The fourth-order valence-electron chi connectivity index (χ4n) is 3.75. The van der Waals surface area contributed by atoms with E-state index in [0.717, 1.165) is 4.31 Å². The molecule has 0 fully saturated rings. The zero-order valence-electron chi connectivity index (χ0n) is 21.5. The van der Waals surface area contributed by atoms with Gasteiger partial charge in [-0.1, -0.05) is 78.7 Å². The Balaban J connectivity index is 2.04. The second-order valence-corrected chi connectivity index (χ2v) is 11.6. The smallest absolute Gasteiger partial charge is 0.264 e. The Morgan fingerprint density at radius 2 is 1.45 bits per heavy atom. The normalized spacial score (nSPS) is 12.9. The summed E-state index contributed by atoms with van der Waals surface area (Å²) >= 11 is 12.8. The zero-order valence-corrected chi connectivity index (χ0v) is 23.8. The Morgan fingerprint density at radius 3 is 2.05 bits per heavy atom. The van der Waals surface area contributed by atoms with Crippen molar-refractivity contribution >= 4 is 50.7 Å². The topological polar surface area (TPSA) is 86.8 Å². The molecule has 0 saturated heterocycles. The van der Waals surface area contributed by atoms with Crippen LogP contribution in [0.5, 0.6) is 0 Å². The van der Waals surface area contributed by atoms with Crippen LogP contribution in [0.1, 0.15) is 32.8 Å². The highest BCUT2D eigenvalue weighted by molar-refractivity contribution is 7.92. The quantitative estimate of drug-likeness (QED) is 0.326. The number of hydrogen-bond donors (Lipinski definition) is 1. The van der Waals surface area contributed by atoms with Gasteiger partial charge in [0.05, 0.1) is 15.6 Å². The summed E-state index contributed by atoms with van der Waals surface area (Å²) in [5.41, 5.74) is 0.779. The largest absolute Gasteiger partial charge is 0.352 e. The second kappa shape index (κ2) is 13.1. The molecular weight excluding hydrogens is 545 g/mol. The van der Waals surface area contributed by atoms with Crippen molar-refractivity contribution in [2.75, 3.05) is 10.8 Å². The minimum absolute atomic E-state index is 0.00735. The Labute approximate surface area is 234 Å². The van der Waals surface area contributed by atoms with Gasteiger partial charge in [-0.2, -0.15) is 0 Å². The van der Waals surface area contributed by atoms with Crippen molar-refractivity contribution in [3.05, 3.63) is 94.5 Å². The van der Waals surface area contributed by atoms with Gasteiger partial charge in [-0.25, -0.2) is 8.42 Å². The van der Waals surface area contributed by atoms with Gasteiger partial charge in [-0.05, 0) is 56.2 Å². The summed E-state index contributed by atoms with van der Waals surface area (Å²) in [6.45, 7) is 4.86. The molecule has 0 heterocycles. The lowest BCUT2D eigenvalue weighted by atomic mass is 10.1. The molecule has 0 aliphatic heterocycles. The van der Waals surface area contributed by atoms with Crippen LogP contribution >= 0.6 is 23.2 Å². The Bertz CT molecular complexity index is 1370. The molecule has 3 aromatic carbocycles. The molecule has 3 rings (SSSR count). The van der Waals surface area contributed by atoms with Crippen molar-refractivity contribution in [2.45, 2.75) is 50.7 Å². The number of anilines is 1. The number of carbonyl (C=O) groups excluding carboxylic acids is 2. The van der Waals surface area contributed by atoms with Gasteiger partial charge in [0.15, 0.2) is 0 Å². The van der Waals surface area contributed by atoms with Crippen LogP contribution < -0.4 is 9.62 Å². The first-order valence-corrected chi connectivity index (χ1v) is 14.4. The fraction of sp³-hybridized carbons (Fsp3) is 0.286. The van der Waals surface area contributed by atoms with Crippen molar-refractivity contribution in [3.8, 4) is 0 Å². The molecule has 0 saturated carbocycles. The van der Waals surface area contributed by atoms with Gasteiger partial charge >= 0.3 is 0 Å². The van der Waals surface area contributed by atoms with E-state index in [-0.39, 0.29) is 34.1 Å². The van der Waals surface area contributed by atoms with Crippen LogP contribution in [0.15, 0.2) is 83.8 Å². The first-order chi connectivity index (χ1) is 18.1. The molecule has 1 N–H and O–H groups in total. The summed E-state index contributed by atoms with van der Waals surface area (Å²) in [5, 5.41) is 3.49. The molecule has 0 radical (unpaired) electrons. The molecule has 2 amide bonds. The van der Waals surface area contributed by atoms with E-state index in [2.05, 4.69) is 5.32 Å². The summed E-state index contributed by atoms with van der Waals surface area (Å²) in [5.74, 6) is -0.939. The molecule has 0 aliphatic carbocycles. The van der Waals surface area contributed by atoms with Crippen LogP contribution in [0.3, 0.4) is 0 Å². The van der Waals surface area contributed by atoms with Crippen LogP contribution in [0.2, 0.25) is 10.0 Å². The zero-order chi connectivity index (χ0) is 27.9. The first kappa shape index (κ1) is 29.5. The third-order valence-corrected chi connectivity index (χ3v) is 8.66. The second-order valence-electron chi connectivity index (χ2n) is 8.88. The molecule has 3 aromatic rings. The van der Waals surface area contributed by atoms with E-state index < -0.39 is 28.5 Å². The van der Waals surface area contributed by atoms with Crippen LogP contribution in [-0.2, 0) is 26.2 Å². The maximum absolute atomic E-state index is 13.9. The van der Waals surface area contributed by atoms with Crippen molar-refractivity contribution in [1.29, 1.82) is 0 Å². The van der Waals surface area contributed by atoms with E-state index in [1.807, 2.05) is 13.8 Å². The van der Waals surface area contributed by atoms with Crippen molar-refractivity contribution in [3.63, 3.8) is 0 Å². The van der Waals surface area contributed by atoms with Gasteiger partial charge in [0.1, 0.15) is 12.6 Å². The van der Waals surface area contributed by atoms with Crippen molar-refractivity contribution < 1.29 is 18.0 Å².